The second-order valence-corrected chi connectivity index (χ2v) is 5.77. The molecule has 0 aromatic heterocycles. The van der Waals surface area contributed by atoms with E-state index in [0.717, 1.165) is 38.8 Å². The molecule has 1 aliphatic heterocycles. The molecule has 18 heavy (non-hydrogen) atoms. The van der Waals surface area contributed by atoms with E-state index >= 15 is 0 Å². The van der Waals surface area contributed by atoms with Gasteiger partial charge in [0.2, 0.25) is 0 Å². The number of hydrogen-bond acceptors (Lipinski definition) is 4. The minimum atomic E-state index is -0.592. The van der Waals surface area contributed by atoms with E-state index in [1.165, 1.54) is 7.11 Å². The van der Waals surface area contributed by atoms with Crippen LogP contribution in [0.15, 0.2) is 0 Å². The maximum atomic E-state index is 11.9. The highest BCUT2D eigenvalue weighted by Crippen LogP contribution is 2.19. The fourth-order valence-corrected chi connectivity index (χ4v) is 2.21. The van der Waals surface area contributed by atoms with Crippen molar-refractivity contribution in [2.75, 3.05) is 20.3 Å². The maximum Gasteiger partial charge on any atom is 0.325 e. The Labute approximate surface area is 110 Å². The van der Waals surface area contributed by atoms with Crippen LogP contribution in [-0.2, 0) is 14.3 Å². The Morgan fingerprint density at radius 3 is 2.78 bits per heavy atom. The van der Waals surface area contributed by atoms with Crippen molar-refractivity contribution >= 4 is 5.97 Å². The number of methoxy groups -OCH3 is 1. The van der Waals surface area contributed by atoms with Crippen molar-refractivity contribution in [3.05, 3.63) is 0 Å². The van der Waals surface area contributed by atoms with E-state index in [4.69, 9.17) is 9.47 Å². The molecule has 1 rings (SSSR count). The molecular weight excluding hydrogens is 230 g/mol. The summed E-state index contributed by atoms with van der Waals surface area (Å²) in [5.74, 6) is 0.402. The maximum absolute atomic E-state index is 11.9. The minimum Gasteiger partial charge on any atom is -0.468 e. The van der Waals surface area contributed by atoms with Gasteiger partial charge in [-0.25, -0.2) is 0 Å². The van der Waals surface area contributed by atoms with Gasteiger partial charge in [-0.05, 0) is 38.5 Å². The summed E-state index contributed by atoms with van der Waals surface area (Å²) in [5, 5.41) is 3.34. The van der Waals surface area contributed by atoms with Crippen LogP contribution in [0, 0.1) is 5.92 Å². The molecule has 2 unspecified atom stereocenters. The lowest BCUT2D eigenvalue weighted by Gasteiger charge is -2.30. The van der Waals surface area contributed by atoms with Crippen molar-refractivity contribution < 1.29 is 14.3 Å². The number of rotatable bonds is 7. The number of carbonyl (C=O) groups is 1. The Morgan fingerprint density at radius 1 is 1.56 bits per heavy atom. The van der Waals surface area contributed by atoms with Gasteiger partial charge in [-0.15, -0.1) is 0 Å². The number of esters is 1. The third kappa shape index (κ3) is 4.58. The first-order chi connectivity index (χ1) is 8.48. The van der Waals surface area contributed by atoms with Gasteiger partial charge in [0, 0.05) is 13.2 Å². The Hall–Kier alpha value is -0.610. The van der Waals surface area contributed by atoms with Gasteiger partial charge in [0.25, 0.3) is 0 Å². The quantitative estimate of drug-likeness (QED) is 0.710. The summed E-state index contributed by atoms with van der Waals surface area (Å²) in [4.78, 5) is 11.9. The van der Waals surface area contributed by atoms with Crippen molar-refractivity contribution in [3.63, 3.8) is 0 Å². The van der Waals surface area contributed by atoms with Gasteiger partial charge < -0.3 is 9.47 Å². The third-order valence-electron chi connectivity index (χ3n) is 3.60. The molecule has 4 heteroatoms. The summed E-state index contributed by atoms with van der Waals surface area (Å²) in [5.41, 5.74) is -0.592. The first-order valence-electron chi connectivity index (χ1n) is 6.93. The first-order valence-corrected chi connectivity index (χ1v) is 6.93. The molecule has 1 saturated heterocycles. The molecule has 1 fully saturated rings. The van der Waals surface area contributed by atoms with Crippen LogP contribution in [0.25, 0.3) is 0 Å². The fraction of sp³-hybridized carbons (Fsp3) is 0.929. The second-order valence-electron chi connectivity index (χ2n) is 5.77. The zero-order valence-electron chi connectivity index (χ0n) is 12.1. The topological polar surface area (TPSA) is 47.6 Å². The van der Waals surface area contributed by atoms with E-state index < -0.39 is 5.54 Å². The number of hydrogen-bond donors (Lipinski definition) is 1. The highest BCUT2D eigenvalue weighted by Gasteiger charge is 2.34. The van der Waals surface area contributed by atoms with Gasteiger partial charge in [-0.2, -0.15) is 0 Å². The van der Waals surface area contributed by atoms with E-state index in [9.17, 15) is 4.79 Å². The lowest BCUT2D eigenvalue weighted by atomic mass is 9.91. The molecule has 0 spiro atoms. The molecule has 0 aromatic rings. The lowest BCUT2D eigenvalue weighted by Crippen LogP contribution is -2.52. The van der Waals surface area contributed by atoms with Crippen LogP contribution >= 0.6 is 0 Å². The largest absolute Gasteiger partial charge is 0.468 e. The fourth-order valence-electron chi connectivity index (χ4n) is 2.21. The summed E-state index contributed by atoms with van der Waals surface area (Å²) in [6.07, 6.45) is 4.24. The summed E-state index contributed by atoms with van der Waals surface area (Å²) >= 11 is 0. The highest BCUT2D eigenvalue weighted by molar-refractivity contribution is 5.80. The highest BCUT2D eigenvalue weighted by atomic mass is 16.5. The molecular formula is C14H27NO3. The molecule has 4 nitrogen and oxygen atoms in total. The summed E-state index contributed by atoms with van der Waals surface area (Å²) in [7, 11) is 1.45. The normalized spacial score (nSPS) is 23.1. The Kier molecular flexibility index (Phi) is 6.09. The van der Waals surface area contributed by atoms with Crippen molar-refractivity contribution in [2.45, 2.75) is 58.1 Å². The van der Waals surface area contributed by atoms with Crippen molar-refractivity contribution in [1.29, 1.82) is 0 Å². The third-order valence-corrected chi connectivity index (χ3v) is 3.60. The Balaban J connectivity index is 2.49. The predicted octanol–water partition coefficient (Wildman–Crippen LogP) is 2.12. The van der Waals surface area contributed by atoms with Crippen molar-refractivity contribution in [2.24, 2.45) is 5.92 Å². The van der Waals surface area contributed by atoms with Gasteiger partial charge >= 0.3 is 5.97 Å². The molecule has 1 N–H and O–H groups in total. The number of carbonyl (C=O) groups excluding carboxylic acids is 1. The van der Waals surface area contributed by atoms with E-state index in [0.29, 0.717) is 5.92 Å². The zero-order chi connectivity index (χ0) is 13.6. The molecule has 0 bridgehead atoms. The van der Waals surface area contributed by atoms with Gasteiger partial charge in [0.1, 0.15) is 5.54 Å². The van der Waals surface area contributed by atoms with Crippen LogP contribution in [0.4, 0.5) is 0 Å². The van der Waals surface area contributed by atoms with Crippen LogP contribution < -0.4 is 5.32 Å². The number of ether oxygens (including phenoxy) is 2. The predicted molar refractivity (Wildman–Crippen MR) is 71.5 cm³/mol. The lowest BCUT2D eigenvalue weighted by molar-refractivity contribution is -0.148. The van der Waals surface area contributed by atoms with Crippen LogP contribution in [-0.4, -0.2) is 37.9 Å². The van der Waals surface area contributed by atoms with Crippen molar-refractivity contribution in [3.8, 4) is 0 Å². The molecule has 0 saturated carbocycles. The van der Waals surface area contributed by atoms with Gasteiger partial charge in [-0.1, -0.05) is 13.8 Å². The molecule has 1 aliphatic rings. The number of nitrogens with one attached hydrogen (secondary N) is 1. The smallest absolute Gasteiger partial charge is 0.325 e. The average molecular weight is 257 g/mol. The second kappa shape index (κ2) is 7.10. The Bertz CT molecular complexity index is 262. The van der Waals surface area contributed by atoms with E-state index in [-0.39, 0.29) is 12.1 Å². The van der Waals surface area contributed by atoms with Crippen molar-refractivity contribution in [1.82, 2.24) is 5.32 Å². The summed E-state index contributed by atoms with van der Waals surface area (Å²) in [6.45, 7) is 7.82. The van der Waals surface area contributed by atoms with E-state index in [2.05, 4.69) is 19.2 Å². The first kappa shape index (κ1) is 15.4. The van der Waals surface area contributed by atoms with E-state index in [1.54, 1.807) is 0 Å². The molecule has 1 heterocycles. The van der Waals surface area contributed by atoms with E-state index in [1.807, 2.05) is 6.92 Å². The van der Waals surface area contributed by atoms with Gasteiger partial charge in [0.15, 0.2) is 0 Å². The molecule has 0 radical (unpaired) electrons. The van der Waals surface area contributed by atoms with Gasteiger partial charge in [-0.3, -0.25) is 10.1 Å². The van der Waals surface area contributed by atoms with Gasteiger partial charge in [0.05, 0.1) is 13.2 Å². The summed E-state index contributed by atoms with van der Waals surface area (Å²) in [6, 6.07) is 0. The monoisotopic (exact) mass is 257 g/mol. The molecule has 2 atom stereocenters. The minimum absolute atomic E-state index is 0.179. The average Bonchev–Trinajstić information content (AvgIpc) is 2.86. The molecule has 0 aromatic carbocycles. The Morgan fingerprint density at radius 2 is 2.28 bits per heavy atom. The summed E-state index contributed by atoms with van der Waals surface area (Å²) < 4.78 is 10.5. The van der Waals surface area contributed by atoms with Crippen LogP contribution in [0.5, 0.6) is 0 Å². The SMILES string of the molecule is COC(=O)C(C)(CCC(C)C)NCC1CCCO1. The molecule has 106 valence electrons. The molecule has 0 amide bonds. The molecule has 0 aliphatic carbocycles. The van der Waals surface area contributed by atoms with Crippen LogP contribution in [0.2, 0.25) is 0 Å². The van der Waals surface area contributed by atoms with Crippen LogP contribution in [0.3, 0.4) is 0 Å². The standard InChI is InChI=1S/C14H27NO3/c1-11(2)7-8-14(3,13(16)17-4)15-10-12-6-5-9-18-12/h11-12,15H,5-10H2,1-4H3. The zero-order valence-corrected chi connectivity index (χ0v) is 12.1. The van der Waals surface area contributed by atoms with Crippen LogP contribution in [0.1, 0.15) is 46.5 Å².